The zero-order valence-corrected chi connectivity index (χ0v) is 23.1. The summed E-state index contributed by atoms with van der Waals surface area (Å²) in [6, 6.07) is -0.177. The van der Waals surface area contributed by atoms with Crippen LogP contribution in [0.25, 0.3) is 0 Å². The smallest absolute Gasteiger partial charge is 0.223 e. The van der Waals surface area contributed by atoms with Crippen LogP contribution in [0, 0.1) is 5.92 Å². The molecule has 1 fully saturated rings. The minimum Gasteiger partial charge on any atom is -0.396 e. The maximum absolute atomic E-state index is 11.4. The van der Waals surface area contributed by atoms with Gasteiger partial charge in [0, 0.05) is 51.3 Å². The fourth-order valence-electron chi connectivity index (χ4n) is 3.07. The lowest BCUT2D eigenvalue weighted by Crippen LogP contribution is -2.53. The second kappa shape index (κ2) is 26.1. The number of allylic oxidation sites excluding steroid dienone is 1. The summed E-state index contributed by atoms with van der Waals surface area (Å²) in [5.74, 6) is 1.06. The van der Waals surface area contributed by atoms with Crippen molar-refractivity contribution in [2.45, 2.75) is 93.0 Å². The third kappa shape index (κ3) is 21.1. The average Bonchev–Trinajstić information content (AvgIpc) is 2.85. The van der Waals surface area contributed by atoms with Gasteiger partial charge in [0.2, 0.25) is 11.8 Å². The number of aliphatic hydroxyl groups excluding tert-OH is 3. The van der Waals surface area contributed by atoms with E-state index >= 15 is 0 Å². The molecule has 1 heterocycles. The van der Waals surface area contributed by atoms with Crippen LogP contribution in [0.2, 0.25) is 0 Å². The van der Waals surface area contributed by atoms with Crippen LogP contribution in [0.3, 0.4) is 0 Å². The minimum atomic E-state index is -0.177. The summed E-state index contributed by atoms with van der Waals surface area (Å²) in [6.45, 7) is 21.0. The number of carbonyl (C=O) groups excluding carboxylic acids is 2. The molecule has 0 aromatic rings. The second-order valence-corrected chi connectivity index (χ2v) is 8.30. The molecular weight excluding hydrogens is 434 g/mol. The molecule has 0 saturated carbocycles. The van der Waals surface area contributed by atoms with Gasteiger partial charge in [-0.1, -0.05) is 67.9 Å². The number of hydrogen-bond acceptors (Lipinski definition) is 6. The Labute approximate surface area is 209 Å². The van der Waals surface area contributed by atoms with E-state index < -0.39 is 0 Å². The van der Waals surface area contributed by atoms with Gasteiger partial charge in [-0.05, 0) is 18.8 Å². The van der Waals surface area contributed by atoms with Crippen molar-refractivity contribution in [1.29, 1.82) is 0 Å². The van der Waals surface area contributed by atoms with Crippen molar-refractivity contribution in [1.82, 2.24) is 15.1 Å². The molecule has 0 bridgehead atoms. The maximum Gasteiger partial charge on any atom is 0.223 e. The highest BCUT2D eigenvalue weighted by Gasteiger charge is 2.24. The van der Waals surface area contributed by atoms with E-state index in [1.807, 2.05) is 30.6 Å². The molecule has 0 atom stereocenters. The van der Waals surface area contributed by atoms with Crippen molar-refractivity contribution in [2.75, 3.05) is 46.0 Å². The summed E-state index contributed by atoms with van der Waals surface area (Å²) in [7, 11) is 0. The van der Waals surface area contributed by atoms with E-state index in [9.17, 15) is 9.59 Å². The van der Waals surface area contributed by atoms with Gasteiger partial charge in [-0.3, -0.25) is 14.5 Å². The third-order valence-corrected chi connectivity index (χ3v) is 5.05. The zero-order chi connectivity index (χ0) is 26.9. The lowest BCUT2D eigenvalue weighted by atomic mass is 10.1. The van der Waals surface area contributed by atoms with Crippen LogP contribution in [0.5, 0.6) is 0 Å². The molecule has 2 amide bonds. The van der Waals surface area contributed by atoms with Crippen LogP contribution in [-0.4, -0.2) is 89.0 Å². The molecule has 8 nitrogen and oxygen atoms in total. The SMILES string of the molecule is C=C(CCCO)NC(=O)CC.CC.CCC(=O)N1CCN(C(CO)CO)CC1.CCCC(C)C. The van der Waals surface area contributed by atoms with E-state index in [2.05, 4.69) is 32.7 Å². The Morgan fingerprint density at radius 2 is 1.47 bits per heavy atom. The highest BCUT2D eigenvalue weighted by atomic mass is 16.3. The first-order valence-electron chi connectivity index (χ1n) is 13.0. The van der Waals surface area contributed by atoms with E-state index in [0.29, 0.717) is 44.5 Å². The fourth-order valence-corrected chi connectivity index (χ4v) is 3.07. The molecule has 34 heavy (non-hydrogen) atoms. The van der Waals surface area contributed by atoms with Crippen LogP contribution < -0.4 is 5.32 Å². The number of hydrogen-bond donors (Lipinski definition) is 4. The Balaban J connectivity index is -0.000000445. The predicted molar refractivity (Wildman–Crippen MR) is 141 cm³/mol. The maximum atomic E-state index is 11.4. The number of rotatable bonds is 11. The van der Waals surface area contributed by atoms with Gasteiger partial charge in [0.1, 0.15) is 0 Å². The topological polar surface area (TPSA) is 113 Å². The van der Waals surface area contributed by atoms with Crippen molar-refractivity contribution in [3.8, 4) is 0 Å². The highest BCUT2D eigenvalue weighted by molar-refractivity contribution is 5.77. The Hall–Kier alpha value is -1.48. The molecule has 0 aromatic carbocycles. The van der Waals surface area contributed by atoms with Gasteiger partial charge in [0.15, 0.2) is 0 Å². The molecule has 0 radical (unpaired) electrons. The molecule has 0 unspecified atom stereocenters. The van der Waals surface area contributed by atoms with Gasteiger partial charge >= 0.3 is 0 Å². The van der Waals surface area contributed by atoms with Crippen molar-refractivity contribution in [3.63, 3.8) is 0 Å². The van der Waals surface area contributed by atoms with Crippen LogP contribution in [-0.2, 0) is 9.59 Å². The summed E-state index contributed by atoms with van der Waals surface area (Å²) in [5, 5.41) is 29.1. The fraction of sp³-hybridized carbons (Fsp3) is 0.846. The normalized spacial score (nSPS) is 13.1. The number of aliphatic hydroxyl groups is 3. The summed E-state index contributed by atoms with van der Waals surface area (Å²) >= 11 is 0. The lowest BCUT2D eigenvalue weighted by Gasteiger charge is -2.38. The van der Waals surface area contributed by atoms with Crippen LogP contribution >= 0.6 is 0 Å². The average molecular weight is 490 g/mol. The van der Waals surface area contributed by atoms with Crippen molar-refractivity contribution in [2.24, 2.45) is 5.92 Å². The van der Waals surface area contributed by atoms with E-state index in [0.717, 1.165) is 19.0 Å². The third-order valence-electron chi connectivity index (χ3n) is 5.05. The van der Waals surface area contributed by atoms with E-state index in [4.69, 9.17) is 15.3 Å². The first-order valence-corrected chi connectivity index (χ1v) is 13.0. The molecule has 8 heteroatoms. The number of piperazine rings is 1. The first kappa shape index (κ1) is 37.1. The largest absolute Gasteiger partial charge is 0.396 e. The van der Waals surface area contributed by atoms with Gasteiger partial charge < -0.3 is 25.5 Å². The molecule has 1 aliphatic heterocycles. The number of carbonyl (C=O) groups is 2. The molecule has 204 valence electrons. The van der Waals surface area contributed by atoms with Crippen LogP contribution in [0.1, 0.15) is 87.0 Å². The zero-order valence-electron chi connectivity index (χ0n) is 23.1. The van der Waals surface area contributed by atoms with Gasteiger partial charge in [-0.25, -0.2) is 0 Å². The van der Waals surface area contributed by atoms with Crippen molar-refractivity contribution in [3.05, 3.63) is 12.3 Å². The van der Waals surface area contributed by atoms with Gasteiger partial charge in [-0.15, -0.1) is 0 Å². The monoisotopic (exact) mass is 489 g/mol. The van der Waals surface area contributed by atoms with E-state index in [-0.39, 0.29) is 37.7 Å². The number of amides is 2. The van der Waals surface area contributed by atoms with Crippen molar-refractivity contribution < 1.29 is 24.9 Å². The molecule has 1 aliphatic rings. The first-order chi connectivity index (χ1) is 16.2. The molecule has 1 rings (SSSR count). The summed E-state index contributed by atoms with van der Waals surface area (Å²) < 4.78 is 0. The lowest BCUT2D eigenvalue weighted by molar-refractivity contribution is -0.133. The summed E-state index contributed by atoms with van der Waals surface area (Å²) in [6.07, 6.45) is 5.03. The minimum absolute atomic E-state index is 0.0204. The molecular formula is C26H55N3O5. The van der Waals surface area contributed by atoms with Gasteiger partial charge in [0.05, 0.1) is 19.3 Å². The molecule has 1 saturated heterocycles. The quantitative estimate of drug-likeness (QED) is 0.355. The van der Waals surface area contributed by atoms with Crippen LogP contribution in [0.15, 0.2) is 12.3 Å². The molecule has 4 N–H and O–H groups in total. The Bertz CT molecular complexity index is 489. The summed E-state index contributed by atoms with van der Waals surface area (Å²) in [5.41, 5.74) is 0.686. The molecule has 0 aromatic heterocycles. The van der Waals surface area contributed by atoms with Crippen molar-refractivity contribution >= 4 is 11.8 Å². The van der Waals surface area contributed by atoms with E-state index in [1.54, 1.807) is 6.92 Å². The standard InChI is InChI=1S/C10H20N2O3.C8H15NO2.C6H14.C2H6/c1-2-10(15)12-5-3-11(4-6-12)9(7-13)8-14;1-3-8(11)9-7(2)5-4-6-10;1-4-5-6(2)3;1-2/h9,13-14H,2-8H2,1H3;10H,2-6H2,1H3,(H,9,11);6H,4-5H2,1-3H3;1-2H3. The highest BCUT2D eigenvalue weighted by Crippen LogP contribution is 2.07. The Morgan fingerprint density at radius 3 is 1.79 bits per heavy atom. The number of nitrogens with one attached hydrogen (secondary N) is 1. The van der Waals surface area contributed by atoms with E-state index in [1.165, 1.54) is 12.8 Å². The predicted octanol–water partition coefficient (Wildman–Crippen LogP) is 3.16. The van der Waals surface area contributed by atoms with Gasteiger partial charge in [-0.2, -0.15) is 0 Å². The van der Waals surface area contributed by atoms with Crippen LogP contribution in [0.4, 0.5) is 0 Å². The van der Waals surface area contributed by atoms with Gasteiger partial charge in [0.25, 0.3) is 0 Å². The Kier molecular flexibility index (Phi) is 28.5. The second-order valence-electron chi connectivity index (χ2n) is 8.30. The summed E-state index contributed by atoms with van der Waals surface area (Å²) in [4.78, 5) is 26.0. The number of nitrogens with zero attached hydrogens (tertiary/aromatic N) is 2. The molecule has 0 spiro atoms. The Morgan fingerprint density at radius 1 is 0.941 bits per heavy atom. The molecule has 0 aliphatic carbocycles.